The summed E-state index contributed by atoms with van der Waals surface area (Å²) in [4.78, 5) is 34.4. The van der Waals surface area contributed by atoms with E-state index >= 15 is 0 Å². The molecule has 0 aliphatic carbocycles. The van der Waals surface area contributed by atoms with Crippen molar-refractivity contribution in [2.75, 3.05) is 50.3 Å². The second-order valence-corrected chi connectivity index (χ2v) is 12.0. The van der Waals surface area contributed by atoms with E-state index in [9.17, 15) is 14.7 Å². The highest BCUT2D eigenvalue weighted by Crippen LogP contribution is 2.33. The van der Waals surface area contributed by atoms with Crippen molar-refractivity contribution < 1.29 is 33.6 Å². The first-order chi connectivity index (χ1) is 24.4. The van der Waals surface area contributed by atoms with E-state index in [0.29, 0.717) is 60.9 Å². The molecule has 0 radical (unpaired) electrons. The first-order valence-corrected chi connectivity index (χ1v) is 17.8. The molecule has 3 N–H and O–H groups in total. The maximum atomic E-state index is 12.7. The van der Waals surface area contributed by atoms with Crippen LogP contribution in [0.4, 0.5) is 11.4 Å². The molecule has 2 saturated heterocycles. The zero-order chi connectivity index (χ0) is 35.6. The molecule has 4 aromatic rings. The number of esters is 2. The van der Waals surface area contributed by atoms with Gasteiger partial charge in [-0.15, -0.1) is 0 Å². The number of rotatable bonds is 12. The Morgan fingerprint density at radius 2 is 1.16 bits per heavy atom. The molecule has 6 rings (SSSR count). The van der Waals surface area contributed by atoms with Crippen LogP contribution in [0.2, 0.25) is 0 Å². The molecule has 2 aliphatic heterocycles. The summed E-state index contributed by atoms with van der Waals surface area (Å²) < 4.78 is 25.0. The van der Waals surface area contributed by atoms with Crippen LogP contribution in [0, 0.1) is 0 Å². The molecule has 15 heteroatoms. The Labute approximate surface area is 292 Å². The Morgan fingerprint density at radius 3 is 1.54 bits per heavy atom. The van der Waals surface area contributed by atoms with Crippen LogP contribution in [0.3, 0.4) is 0 Å². The normalized spacial score (nSPS) is 15.5. The van der Waals surface area contributed by atoms with Gasteiger partial charge in [-0.25, -0.2) is 28.9 Å². The first kappa shape index (κ1) is 36.9. The number of aryl methyl sites for hydroxylation is 3. The third-order valence-corrected chi connectivity index (χ3v) is 8.90. The second-order valence-electron chi connectivity index (χ2n) is 12.0. The molecular formula is C35H50N8O7. The minimum Gasteiger partial charge on any atom is -0.462 e. The maximum Gasteiger partial charge on any atom is 0.342 e. The van der Waals surface area contributed by atoms with Gasteiger partial charge < -0.3 is 34.7 Å². The molecule has 0 bridgehead atoms. The van der Waals surface area contributed by atoms with Crippen LogP contribution in [-0.2, 0) is 45.1 Å². The van der Waals surface area contributed by atoms with E-state index in [4.69, 9.17) is 23.9 Å². The number of pyridine rings is 2. The Morgan fingerprint density at radius 1 is 0.740 bits per heavy atom. The fourth-order valence-corrected chi connectivity index (χ4v) is 6.34. The molecule has 2 fully saturated rings. The van der Waals surface area contributed by atoms with Gasteiger partial charge in [-0.05, 0) is 59.8 Å². The SMILES string of the molecule is CCOC(=O)c1c(CC)nc2c(cnn2CC)c1NC1CCOCC1.CCOC(=O)c1c(CO)nc2c(cnn2CC)c1NC1CCOCC1. The van der Waals surface area contributed by atoms with Gasteiger partial charge in [0.25, 0.3) is 0 Å². The molecule has 272 valence electrons. The van der Waals surface area contributed by atoms with E-state index in [1.807, 2.05) is 32.4 Å². The number of hydrogen-bond donors (Lipinski definition) is 3. The number of nitrogens with one attached hydrogen (secondary N) is 2. The molecule has 0 aromatic carbocycles. The summed E-state index contributed by atoms with van der Waals surface area (Å²) in [5.74, 6) is -0.813. The number of carbonyl (C=O) groups is 2. The van der Waals surface area contributed by atoms with Crippen molar-refractivity contribution in [3.63, 3.8) is 0 Å². The summed E-state index contributed by atoms with van der Waals surface area (Å²) in [6, 6.07) is 0.450. The Kier molecular flexibility index (Phi) is 13.0. The second kappa shape index (κ2) is 17.5. The quantitative estimate of drug-likeness (QED) is 0.177. The lowest BCUT2D eigenvalue weighted by atomic mass is 10.0. The molecule has 15 nitrogen and oxygen atoms in total. The lowest BCUT2D eigenvalue weighted by Gasteiger charge is -2.26. The highest BCUT2D eigenvalue weighted by molar-refractivity contribution is 6.06. The molecule has 4 aromatic heterocycles. The Bertz CT molecular complexity index is 1630. The molecule has 0 unspecified atom stereocenters. The van der Waals surface area contributed by atoms with Crippen molar-refractivity contribution in [3.05, 3.63) is 34.9 Å². The van der Waals surface area contributed by atoms with Crippen molar-refractivity contribution in [2.45, 2.75) is 98.5 Å². The zero-order valence-corrected chi connectivity index (χ0v) is 29.8. The van der Waals surface area contributed by atoms with E-state index in [2.05, 4.69) is 25.8 Å². The van der Waals surface area contributed by atoms with Crippen LogP contribution >= 0.6 is 0 Å². The number of anilines is 2. The zero-order valence-electron chi connectivity index (χ0n) is 29.8. The van der Waals surface area contributed by atoms with Crippen molar-refractivity contribution in [1.82, 2.24) is 29.5 Å². The first-order valence-electron chi connectivity index (χ1n) is 17.8. The summed E-state index contributed by atoms with van der Waals surface area (Å²) in [7, 11) is 0. The van der Waals surface area contributed by atoms with Crippen molar-refractivity contribution in [1.29, 1.82) is 0 Å². The number of aliphatic hydroxyl groups excluding tert-OH is 1. The van der Waals surface area contributed by atoms with Gasteiger partial charge in [0.15, 0.2) is 11.3 Å². The van der Waals surface area contributed by atoms with Crippen molar-refractivity contribution in [3.8, 4) is 0 Å². The van der Waals surface area contributed by atoms with Crippen molar-refractivity contribution in [2.24, 2.45) is 0 Å². The van der Waals surface area contributed by atoms with Gasteiger partial charge in [0.2, 0.25) is 0 Å². The number of fused-ring (bicyclic) bond motifs is 2. The summed E-state index contributed by atoms with van der Waals surface area (Å²) in [6.45, 7) is 14.0. The third-order valence-electron chi connectivity index (χ3n) is 8.90. The smallest absolute Gasteiger partial charge is 0.342 e. The predicted molar refractivity (Wildman–Crippen MR) is 189 cm³/mol. The van der Waals surface area contributed by atoms with Gasteiger partial charge in [-0.1, -0.05) is 6.92 Å². The van der Waals surface area contributed by atoms with Crippen LogP contribution in [0.25, 0.3) is 22.1 Å². The summed E-state index contributed by atoms with van der Waals surface area (Å²) in [5, 5.41) is 27.2. The predicted octanol–water partition coefficient (Wildman–Crippen LogP) is 4.49. The average molecular weight is 695 g/mol. The minimum absolute atomic E-state index is 0.184. The van der Waals surface area contributed by atoms with Gasteiger partial charge >= 0.3 is 11.9 Å². The van der Waals surface area contributed by atoms with E-state index < -0.39 is 5.97 Å². The summed E-state index contributed by atoms with van der Waals surface area (Å²) in [5.41, 5.74) is 4.77. The molecule has 6 heterocycles. The number of aromatic nitrogens is 6. The van der Waals surface area contributed by atoms with Gasteiger partial charge in [-0.2, -0.15) is 10.2 Å². The Hall–Kier alpha value is -4.34. The van der Waals surface area contributed by atoms with Gasteiger partial charge in [-0.3, -0.25) is 0 Å². The van der Waals surface area contributed by atoms with Gasteiger partial charge in [0.05, 0.1) is 65.7 Å². The van der Waals surface area contributed by atoms with Crippen LogP contribution in [-0.4, -0.2) is 98.3 Å². The Balaban J connectivity index is 0.000000194. The fourth-order valence-electron chi connectivity index (χ4n) is 6.34. The molecule has 0 amide bonds. The minimum atomic E-state index is -0.486. The van der Waals surface area contributed by atoms with Crippen LogP contribution < -0.4 is 10.6 Å². The number of nitrogens with zero attached hydrogens (tertiary/aromatic N) is 6. The topological polar surface area (TPSA) is 177 Å². The molecule has 50 heavy (non-hydrogen) atoms. The lowest BCUT2D eigenvalue weighted by molar-refractivity contribution is 0.0514. The molecule has 0 atom stereocenters. The molecular weight excluding hydrogens is 644 g/mol. The van der Waals surface area contributed by atoms with Crippen molar-refractivity contribution >= 4 is 45.4 Å². The third kappa shape index (κ3) is 8.00. The van der Waals surface area contributed by atoms with Gasteiger partial charge in [0, 0.05) is 51.6 Å². The monoisotopic (exact) mass is 694 g/mol. The lowest BCUT2D eigenvalue weighted by Crippen LogP contribution is -2.29. The number of aliphatic hydroxyl groups is 1. The summed E-state index contributed by atoms with van der Waals surface area (Å²) >= 11 is 0. The van der Waals surface area contributed by atoms with Crippen LogP contribution in [0.15, 0.2) is 12.4 Å². The van der Waals surface area contributed by atoms with E-state index in [1.165, 1.54) is 0 Å². The standard InChI is InChI=1S/C18H26N4O3.C17H24N4O4/c1-4-14-15(18(23)25-6-3)16(20-12-7-9-24-10-8-12)13-11-19-22(5-2)17(13)21-14;1-3-21-16-12(9-18-21)15(19-11-5-7-24-8-6-11)14(13(10-22)20-16)17(23)25-4-2/h11-12H,4-10H2,1-3H3,(H,20,21);9,11,22H,3-8,10H2,1-2H3,(H,19,20). The van der Waals surface area contributed by atoms with E-state index in [0.717, 1.165) is 73.2 Å². The fraction of sp³-hybridized carbons (Fsp3) is 0.600. The van der Waals surface area contributed by atoms with Crippen LogP contribution in [0.5, 0.6) is 0 Å². The molecule has 0 spiro atoms. The molecule has 0 saturated carbocycles. The maximum absolute atomic E-state index is 12.7. The number of carbonyl (C=O) groups excluding carboxylic acids is 2. The average Bonchev–Trinajstić information content (AvgIpc) is 3.76. The highest BCUT2D eigenvalue weighted by atomic mass is 16.5. The largest absolute Gasteiger partial charge is 0.462 e. The van der Waals surface area contributed by atoms with Crippen LogP contribution in [0.1, 0.15) is 92.4 Å². The number of hydrogen-bond acceptors (Lipinski definition) is 13. The summed E-state index contributed by atoms with van der Waals surface area (Å²) in [6.07, 6.45) is 7.67. The van der Waals surface area contributed by atoms with Gasteiger partial charge in [0.1, 0.15) is 11.1 Å². The number of ether oxygens (including phenoxy) is 4. The highest BCUT2D eigenvalue weighted by Gasteiger charge is 2.28. The van der Waals surface area contributed by atoms with E-state index in [1.54, 1.807) is 24.0 Å². The van der Waals surface area contributed by atoms with E-state index in [-0.39, 0.29) is 31.3 Å². The molecule has 2 aliphatic rings.